The first-order chi connectivity index (χ1) is 13.2. The third-order valence-corrected chi connectivity index (χ3v) is 4.71. The molecule has 0 saturated heterocycles. The fraction of sp³-hybridized carbons (Fsp3) is 0.471. The summed E-state index contributed by atoms with van der Waals surface area (Å²) in [5.41, 5.74) is -2.08. The maximum absolute atomic E-state index is 12.7. The van der Waals surface area contributed by atoms with Crippen LogP contribution in [0.3, 0.4) is 0 Å². The monoisotopic (exact) mass is 544 g/mol. The standard InChI is InChI=1S/C17H23F3N6OS.HI/c1-3-21-14(25-11-16(2,27)13-5-4-10-28-13)23-8-9-24-15-22-7-6-12(26-15)17(18,19)20;/h4-7,10,27H,3,8-9,11H2,1-2H3,(H2,21,23,25)(H,22,24,26);1H. The molecule has 0 aromatic carbocycles. The highest BCUT2D eigenvalue weighted by molar-refractivity contribution is 14.0. The molecule has 0 radical (unpaired) electrons. The average molecular weight is 544 g/mol. The fourth-order valence-electron chi connectivity index (χ4n) is 2.19. The van der Waals surface area contributed by atoms with Crippen LogP contribution in [-0.2, 0) is 11.8 Å². The van der Waals surface area contributed by atoms with Gasteiger partial charge in [0.2, 0.25) is 5.95 Å². The molecule has 12 heteroatoms. The molecule has 1 atom stereocenters. The van der Waals surface area contributed by atoms with Gasteiger partial charge in [0.15, 0.2) is 5.96 Å². The summed E-state index contributed by atoms with van der Waals surface area (Å²) in [5.74, 6) is 0.394. The molecule has 0 amide bonds. The third kappa shape index (κ3) is 8.30. The first-order valence-electron chi connectivity index (χ1n) is 8.65. The van der Waals surface area contributed by atoms with Crippen molar-refractivity contribution in [2.24, 2.45) is 4.99 Å². The first kappa shape index (κ1) is 25.4. The Labute approximate surface area is 188 Å². The van der Waals surface area contributed by atoms with Gasteiger partial charge in [-0.3, -0.25) is 0 Å². The summed E-state index contributed by atoms with van der Waals surface area (Å²) in [6.45, 7) is 5.03. The molecule has 0 aliphatic heterocycles. The second-order valence-electron chi connectivity index (χ2n) is 6.06. The lowest BCUT2D eigenvalue weighted by molar-refractivity contribution is -0.141. The minimum absolute atomic E-state index is 0. The Kier molecular flexibility index (Phi) is 10.1. The second kappa shape index (κ2) is 11.5. The van der Waals surface area contributed by atoms with Gasteiger partial charge in [0.25, 0.3) is 0 Å². The van der Waals surface area contributed by atoms with E-state index in [1.807, 2.05) is 24.4 Å². The van der Waals surface area contributed by atoms with E-state index in [1.165, 1.54) is 11.3 Å². The number of nitrogens with zero attached hydrogens (tertiary/aromatic N) is 3. The van der Waals surface area contributed by atoms with E-state index in [2.05, 4.69) is 30.9 Å². The number of aliphatic imine (C=N–C) groups is 1. The molecule has 2 aromatic rings. The summed E-state index contributed by atoms with van der Waals surface area (Å²) in [6, 6.07) is 4.53. The molecule has 0 aliphatic rings. The highest BCUT2D eigenvalue weighted by Gasteiger charge is 2.32. The minimum Gasteiger partial charge on any atom is -0.383 e. The lowest BCUT2D eigenvalue weighted by Gasteiger charge is -2.20. The number of thiophene rings is 1. The molecule has 2 aromatic heterocycles. The number of anilines is 1. The number of aliphatic hydroxyl groups is 1. The Morgan fingerprint density at radius 1 is 1.24 bits per heavy atom. The van der Waals surface area contributed by atoms with Crippen molar-refractivity contribution in [3.63, 3.8) is 0 Å². The number of rotatable bonds is 8. The predicted molar refractivity (Wildman–Crippen MR) is 119 cm³/mol. The molecule has 1 unspecified atom stereocenters. The van der Waals surface area contributed by atoms with Gasteiger partial charge in [-0.2, -0.15) is 13.2 Å². The van der Waals surface area contributed by atoms with Crippen LogP contribution in [0, 0.1) is 0 Å². The number of guanidine groups is 1. The molecular formula is C17H24F3IN6OS. The summed E-state index contributed by atoms with van der Waals surface area (Å²) < 4.78 is 38.0. The summed E-state index contributed by atoms with van der Waals surface area (Å²) >= 11 is 1.45. The molecule has 0 spiro atoms. The van der Waals surface area contributed by atoms with Gasteiger partial charge in [-0.25, -0.2) is 15.0 Å². The number of halogens is 4. The van der Waals surface area contributed by atoms with Gasteiger partial charge in [0, 0.05) is 30.7 Å². The molecule has 2 rings (SSSR count). The molecule has 2 heterocycles. The molecule has 0 aliphatic carbocycles. The molecule has 0 saturated carbocycles. The smallest absolute Gasteiger partial charge is 0.383 e. The predicted octanol–water partition coefficient (Wildman–Crippen LogP) is 3.05. The summed E-state index contributed by atoms with van der Waals surface area (Å²) in [6.07, 6.45) is -3.45. The van der Waals surface area contributed by atoms with E-state index in [0.717, 1.165) is 17.1 Å². The van der Waals surface area contributed by atoms with Crippen LogP contribution in [0.2, 0.25) is 0 Å². The van der Waals surface area contributed by atoms with E-state index in [0.29, 0.717) is 19.0 Å². The second-order valence-corrected chi connectivity index (χ2v) is 7.01. The van der Waals surface area contributed by atoms with Crippen molar-refractivity contribution < 1.29 is 18.3 Å². The number of alkyl halides is 3. The molecule has 4 N–H and O–H groups in total. The van der Waals surface area contributed by atoms with Crippen LogP contribution in [0.25, 0.3) is 0 Å². The van der Waals surface area contributed by atoms with Crippen LogP contribution in [0.5, 0.6) is 0 Å². The van der Waals surface area contributed by atoms with Crippen LogP contribution < -0.4 is 16.0 Å². The van der Waals surface area contributed by atoms with E-state index < -0.39 is 17.5 Å². The van der Waals surface area contributed by atoms with Crippen molar-refractivity contribution in [1.82, 2.24) is 20.6 Å². The van der Waals surface area contributed by atoms with Gasteiger partial charge in [-0.1, -0.05) is 6.07 Å². The maximum Gasteiger partial charge on any atom is 0.433 e. The number of hydrogen-bond donors (Lipinski definition) is 4. The summed E-state index contributed by atoms with van der Waals surface area (Å²) in [7, 11) is 0. The van der Waals surface area contributed by atoms with Gasteiger partial charge < -0.3 is 21.1 Å². The molecule has 29 heavy (non-hydrogen) atoms. The first-order valence-corrected chi connectivity index (χ1v) is 9.53. The lowest BCUT2D eigenvalue weighted by atomic mass is 10.1. The normalized spacial score (nSPS) is 13.9. The van der Waals surface area contributed by atoms with Crippen molar-refractivity contribution in [2.45, 2.75) is 25.6 Å². The zero-order chi connectivity index (χ0) is 20.6. The van der Waals surface area contributed by atoms with Crippen LogP contribution in [-0.4, -0.2) is 47.2 Å². The van der Waals surface area contributed by atoms with E-state index >= 15 is 0 Å². The van der Waals surface area contributed by atoms with Crippen molar-refractivity contribution in [3.8, 4) is 0 Å². The van der Waals surface area contributed by atoms with Crippen LogP contribution >= 0.6 is 35.3 Å². The Bertz CT molecular complexity index is 771. The minimum atomic E-state index is -4.51. The Morgan fingerprint density at radius 2 is 2.00 bits per heavy atom. The van der Waals surface area contributed by atoms with E-state index in [4.69, 9.17) is 0 Å². The molecule has 7 nitrogen and oxygen atoms in total. The van der Waals surface area contributed by atoms with Gasteiger partial charge >= 0.3 is 6.18 Å². The highest BCUT2D eigenvalue weighted by atomic mass is 127. The van der Waals surface area contributed by atoms with Crippen molar-refractivity contribution >= 4 is 47.2 Å². The number of hydrogen-bond acceptors (Lipinski definition) is 6. The number of aromatic nitrogens is 2. The zero-order valence-corrected chi connectivity index (χ0v) is 19.1. The summed E-state index contributed by atoms with van der Waals surface area (Å²) in [4.78, 5) is 12.4. The molecule has 0 bridgehead atoms. The van der Waals surface area contributed by atoms with Crippen LogP contribution in [0.15, 0.2) is 34.8 Å². The van der Waals surface area contributed by atoms with E-state index in [9.17, 15) is 18.3 Å². The quantitative estimate of drug-likeness (QED) is 0.177. The van der Waals surface area contributed by atoms with Gasteiger partial charge in [0.05, 0.1) is 6.54 Å². The van der Waals surface area contributed by atoms with Crippen LogP contribution in [0.1, 0.15) is 24.4 Å². The third-order valence-electron chi connectivity index (χ3n) is 3.59. The van der Waals surface area contributed by atoms with E-state index in [-0.39, 0.29) is 43.0 Å². The Hall–Kier alpha value is -1.67. The van der Waals surface area contributed by atoms with Gasteiger partial charge in [-0.15, -0.1) is 35.3 Å². The molecule has 162 valence electrons. The van der Waals surface area contributed by atoms with Crippen LogP contribution in [0.4, 0.5) is 19.1 Å². The summed E-state index contributed by atoms with van der Waals surface area (Å²) in [5, 5.41) is 21.2. The van der Waals surface area contributed by atoms with Crippen molar-refractivity contribution in [3.05, 3.63) is 40.3 Å². The Balaban J connectivity index is 0.00000420. The van der Waals surface area contributed by atoms with Crippen molar-refractivity contribution in [1.29, 1.82) is 0 Å². The highest BCUT2D eigenvalue weighted by Crippen LogP contribution is 2.27. The Morgan fingerprint density at radius 3 is 2.62 bits per heavy atom. The molecular weight excluding hydrogens is 520 g/mol. The maximum atomic E-state index is 12.7. The topological polar surface area (TPSA) is 94.5 Å². The van der Waals surface area contributed by atoms with E-state index in [1.54, 1.807) is 6.92 Å². The molecule has 0 fully saturated rings. The van der Waals surface area contributed by atoms with Gasteiger partial charge in [-0.05, 0) is 31.4 Å². The SMILES string of the molecule is CCNC(=NCC(C)(O)c1cccs1)NCCNc1nccc(C(F)(F)F)n1.I. The fourth-order valence-corrected chi connectivity index (χ4v) is 2.97. The zero-order valence-electron chi connectivity index (χ0n) is 16.0. The lowest BCUT2D eigenvalue weighted by Crippen LogP contribution is -2.40. The number of nitrogens with one attached hydrogen (secondary N) is 3. The van der Waals surface area contributed by atoms with Crippen molar-refractivity contribution in [2.75, 3.05) is 31.5 Å². The largest absolute Gasteiger partial charge is 0.433 e. The van der Waals surface area contributed by atoms with Gasteiger partial charge in [0.1, 0.15) is 11.3 Å². The average Bonchev–Trinajstić information content (AvgIpc) is 3.18.